The van der Waals surface area contributed by atoms with Gasteiger partial charge in [0.25, 0.3) is 0 Å². The molecule has 1 aliphatic rings. The topological polar surface area (TPSA) is 59.6 Å². The highest BCUT2D eigenvalue weighted by Gasteiger charge is 2.45. The molecule has 3 N–H and O–H groups in total. The maximum absolute atomic E-state index is 12.1. The molecule has 1 atom stereocenters. The van der Waals surface area contributed by atoms with E-state index >= 15 is 0 Å². The third-order valence-electron chi connectivity index (χ3n) is 3.10. The molecule has 1 fully saturated rings. The van der Waals surface area contributed by atoms with Crippen molar-refractivity contribution in [3.8, 4) is 5.75 Å². The van der Waals surface area contributed by atoms with Crippen molar-refractivity contribution in [2.45, 2.75) is 32.7 Å². The molecule has 1 unspecified atom stereocenters. The smallest absolute Gasteiger partial charge is 0.406 e. The number of rotatable bonds is 3. The van der Waals surface area contributed by atoms with E-state index in [0.717, 1.165) is 6.42 Å². The second-order valence-electron chi connectivity index (χ2n) is 5.42. The zero-order valence-corrected chi connectivity index (χ0v) is 11.2. The first kappa shape index (κ1) is 14.5. The molecule has 0 aromatic heterocycles. The lowest BCUT2D eigenvalue weighted by molar-refractivity contribution is -0.274. The van der Waals surface area contributed by atoms with Crippen LogP contribution in [0.2, 0.25) is 0 Å². The van der Waals surface area contributed by atoms with Gasteiger partial charge in [0.05, 0.1) is 6.04 Å². The predicted molar refractivity (Wildman–Crippen MR) is 70.6 cm³/mol. The molecule has 1 aromatic carbocycles. The van der Waals surface area contributed by atoms with Crippen LogP contribution in [0.5, 0.6) is 5.75 Å². The number of halogens is 3. The zero-order valence-electron chi connectivity index (χ0n) is 11.2. The van der Waals surface area contributed by atoms with Gasteiger partial charge in [-0.1, -0.05) is 19.9 Å². The number of alkyl halides is 3. The van der Waals surface area contributed by atoms with Gasteiger partial charge in [0.1, 0.15) is 5.75 Å². The maximum atomic E-state index is 12.1. The quantitative estimate of drug-likeness (QED) is 0.663. The average Bonchev–Trinajstić information content (AvgIpc) is 2.83. The van der Waals surface area contributed by atoms with Crippen LogP contribution in [0.1, 0.15) is 20.3 Å². The van der Waals surface area contributed by atoms with Gasteiger partial charge in [0.2, 0.25) is 0 Å². The molecule has 2 rings (SSSR count). The minimum absolute atomic E-state index is 0.146. The number of nitrogens with zero attached hydrogens (tertiary/aromatic N) is 1. The Balaban J connectivity index is 2.01. The van der Waals surface area contributed by atoms with Crippen molar-refractivity contribution >= 4 is 11.6 Å². The van der Waals surface area contributed by atoms with E-state index in [9.17, 15) is 13.2 Å². The number of nitrogens with two attached hydrogens (primary N) is 1. The van der Waals surface area contributed by atoms with Crippen molar-refractivity contribution in [3.05, 3.63) is 24.3 Å². The first-order chi connectivity index (χ1) is 9.16. The number of aliphatic imine (C=N–C) groups is 1. The van der Waals surface area contributed by atoms with Crippen LogP contribution in [0.4, 0.5) is 18.9 Å². The van der Waals surface area contributed by atoms with E-state index in [1.165, 1.54) is 18.2 Å². The number of hydrogen-bond acceptors (Lipinski definition) is 2. The molecule has 110 valence electrons. The highest BCUT2D eigenvalue weighted by molar-refractivity contribution is 5.92. The third kappa shape index (κ3) is 4.04. The monoisotopic (exact) mass is 287 g/mol. The van der Waals surface area contributed by atoms with Crippen LogP contribution in [-0.4, -0.2) is 18.4 Å². The fourth-order valence-electron chi connectivity index (χ4n) is 1.78. The first-order valence-electron chi connectivity index (χ1n) is 6.12. The summed E-state index contributed by atoms with van der Waals surface area (Å²) in [5.74, 6) is -0.119. The summed E-state index contributed by atoms with van der Waals surface area (Å²) < 4.78 is 40.2. The second-order valence-corrected chi connectivity index (χ2v) is 5.42. The highest BCUT2D eigenvalue weighted by Crippen LogP contribution is 2.47. The molecule has 4 nitrogen and oxygen atoms in total. The Morgan fingerprint density at radius 2 is 2.10 bits per heavy atom. The molecule has 0 bridgehead atoms. The van der Waals surface area contributed by atoms with Crippen molar-refractivity contribution in [1.82, 2.24) is 0 Å². The molecule has 0 aliphatic heterocycles. The molecule has 1 saturated carbocycles. The van der Waals surface area contributed by atoms with Crippen LogP contribution < -0.4 is 15.8 Å². The van der Waals surface area contributed by atoms with Crippen molar-refractivity contribution in [3.63, 3.8) is 0 Å². The molecule has 20 heavy (non-hydrogen) atoms. The number of hydrogen-bond donors (Lipinski definition) is 2. The summed E-state index contributed by atoms with van der Waals surface area (Å²) in [7, 11) is 0. The van der Waals surface area contributed by atoms with Crippen LogP contribution in [-0.2, 0) is 0 Å². The molecule has 0 heterocycles. The van der Waals surface area contributed by atoms with Crippen LogP contribution in [0.3, 0.4) is 0 Å². The second kappa shape index (κ2) is 4.88. The highest BCUT2D eigenvalue weighted by atomic mass is 19.4. The summed E-state index contributed by atoms with van der Waals surface area (Å²) in [5.41, 5.74) is 6.26. The van der Waals surface area contributed by atoms with E-state index in [2.05, 4.69) is 28.9 Å². The van der Waals surface area contributed by atoms with Crippen LogP contribution in [0.15, 0.2) is 29.3 Å². The molecule has 1 aliphatic carbocycles. The van der Waals surface area contributed by atoms with Crippen LogP contribution in [0.25, 0.3) is 0 Å². The largest absolute Gasteiger partial charge is 0.573 e. The van der Waals surface area contributed by atoms with Gasteiger partial charge in [-0.25, -0.2) is 4.99 Å². The summed E-state index contributed by atoms with van der Waals surface area (Å²) in [4.78, 5) is 4.26. The van der Waals surface area contributed by atoms with E-state index in [4.69, 9.17) is 5.73 Å². The van der Waals surface area contributed by atoms with Gasteiger partial charge in [-0.3, -0.25) is 0 Å². The Kier molecular flexibility index (Phi) is 3.54. The van der Waals surface area contributed by atoms with Gasteiger partial charge >= 0.3 is 6.36 Å². The van der Waals surface area contributed by atoms with E-state index in [1.54, 1.807) is 6.07 Å². The summed E-state index contributed by atoms with van der Waals surface area (Å²) in [6, 6.07) is 5.62. The standard InChI is InChI=1S/C13H16F3N3O/c1-12(2)7-10(12)19-11(17)18-8-4-3-5-9(6-8)20-13(14,15)16/h3-6,10H,7H2,1-2H3,(H3,17,18,19). The maximum Gasteiger partial charge on any atom is 0.573 e. The summed E-state index contributed by atoms with van der Waals surface area (Å²) in [6.07, 6.45) is -3.76. The van der Waals surface area contributed by atoms with Crippen molar-refractivity contribution in [1.29, 1.82) is 0 Å². The Morgan fingerprint density at radius 3 is 2.65 bits per heavy atom. The van der Waals surface area contributed by atoms with Gasteiger partial charge in [0, 0.05) is 11.8 Å². The van der Waals surface area contributed by atoms with Crippen molar-refractivity contribution < 1.29 is 17.9 Å². The predicted octanol–water partition coefficient (Wildman–Crippen LogP) is 3.11. The van der Waals surface area contributed by atoms with Crippen molar-refractivity contribution in [2.75, 3.05) is 5.32 Å². The number of nitrogens with one attached hydrogen (secondary N) is 1. The Bertz CT molecular complexity index is 526. The first-order valence-corrected chi connectivity index (χ1v) is 6.12. The van der Waals surface area contributed by atoms with Crippen LogP contribution >= 0.6 is 0 Å². The fraction of sp³-hybridized carbons (Fsp3) is 0.462. The molecular weight excluding hydrogens is 271 g/mol. The Labute approximate surface area is 114 Å². The molecule has 1 aromatic rings. The Hall–Kier alpha value is -1.92. The van der Waals surface area contributed by atoms with E-state index < -0.39 is 6.36 Å². The van der Waals surface area contributed by atoms with Gasteiger partial charge < -0.3 is 15.8 Å². The summed E-state index contributed by atoms with van der Waals surface area (Å²) in [5, 5.41) is 2.76. The number of benzene rings is 1. The molecule has 0 spiro atoms. The lowest BCUT2D eigenvalue weighted by Crippen LogP contribution is -2.23. The molecule has 7 heteroatoms. The zero-order chi connectivity index (χ0) is 15.0. The SMILES string of the molecule is CC1(C)CC1N=C(N)Nc1cccc(OC(F)(F)F)c1. The normalized spacial score (nSPS) is 21.4. The summed E-state index contributed by atoms with van der Waals surface area (Å²) >= 11 is 0. The van der Waals surface area contributed by atoms with Crippen molar-refractivity contribution in [2.24, 2.45) is 16.1 Å². The van der Waals surface area contributed by atoms with Gasteiger partial charge in [-0.2, -0.15) is 0 Å². The average molecular weight is 287 g/mol. The van der Waals surface area contributed by atoms with Gasteiger partial charge in [0.15, 0.2) is 5.96 Å². The Morgan fingerprint density at radius 1 is 1.45 bits per heavy atom. The van der Waals surface area contributed by atoms with E-state index in [-0.39, 0.29) is 23.2 Å². The van der Waals surface area contributed by atoms with Gasteiger partial charge in [-0.15, -0.1) is 13.2 Å². The molecule has 0 amide bonds. The van der Waals surface area contributed by atoms with E-state index in [1.807, 2.05) is 0 Å². The molecule has 0 saturated heterocycles. The number of ether oxygens (including phenoxy) is 1. The van der Waals surface area contributed by atoms with E-state index in [0.29, 0.717) is 5.69 Å². The lowest BCUT2D eigenvalue weighted by Gasteiger charge is -2.11. The number of guanidine groups is 1. The number of anilines is 1. The molecular formula is C13H16F3N3O. The van der Waals surface area contributed by atoms with Gasteiger partial charge in [-0.05, 0) is 24.0 Å². The molecule has 0 radical (unpaired) electrons. The lowest BCUT2D eigenvalue weighted by atomic mass is 10.2. The minimum atomic E-state index is -4.71. The van der Waals surface area contributed by atoms with Crippen LogP contribution in [0, 0.1) is 5.41 Å². The third-order valence-corrected chi connectivity index (χ3v) is 3.10. The minimum Gasteiger partial charge on any atom is -0.406 e. The fourth-order valence-corrected chi connectivity index (χ4v) is 1.78. The summed E-state index contributed by atoms with van der Waals surface area (Å²) in [6.45, 7) is 4.15.